The predicted octanol–water partition coefficient (Wildman–Crippen LogP) is 11.4. The van der Waals surface area contributed by atoms with Crippen molar-refractivity contribution in [2.75, 3.05) is 27.4 Å². The molecule has 0 spiro atoms. The van der Waals surface area contributed by atoms with Crippen LogP contribution in [0.1, 0.15) is 99.1 Å². The van der Waals surface area contributed by atoms with Crippen molar-refractivity contribution >= 4 is 17.1 Å². The zero-order valence-corrected chi connectivity index (χ0v) is 33.0. The van der Waals surface area contributed by atoms with Crippen molar-refractivity contribution in [2.24, 2.45) is 17.8 Å². The van der Waals surface area contributed by atoms with Crippen LogP contribution in [0.5, 0.6) is 23.0 Å². The predicted molar refractivity (Wildman–Crippen MR) is 217 cm³/mol. The molecule has 0 N–H and O–H groups in total. The van der Waals surface area contributed by atoms with Crippen molar-refractivity contribution in [1.82, 2.24) is 0 Å². The van der Waals surface area contributed by atoms with Crippen LogP contribution >= 0.6 is 0 Å². The van der Waals surface area contributed by atoms with E-state index in [0.29, 0.717) is 59.7 Å². The highest BCUT2D eigenvalue weighted by Crippen LogP contribution is 2.38. The molecule has 0 aliphatic heterocycles. The van der Waals surface area contributed by atoms with E-state index >= 15 is 0 Å². The number of carbonyl (C=O) groups excluding carboxylic acids is 2. The number of carbonyl (C=O) groups is 2. The van der Waals surface area contributed by atoms with Gasteiger partial charge in [-0.05, 0) is 137 Å². The molecule has 4 rings (SSSR count). The number of methoxy groups -OCH3 is 2. The maximum absolute atomic E-state index is 13.8. The van der Waals surface area contributed by atoms with E-state index in [2.05, 4.69) is 42.2 Å². The summed E-state index contributed by atoms with van der Waals surface area (Å²) in [6.45, 7) is 14.7. The summed E-state index contributed by atoms with van der Waals surface area (Å²) in [5, 5.41) is 0. The lowest BCUT2D eigenvalue weighted by molar-refractivity contribution is 0.0901. The molecule has 6 heteroatoms. The Bertz CT molecular complexity index is 1910. The number of allylic oxidation sites excluding steroid dienone is 13. The molecule has 2 aromatic rings. The van der Waals surface area contributed by atoms with E-state index in [9.17, 15) is 9.59 Å². The highest BCUT2D eigenvalue weighted by molar-refractivity contribution is 6.06. The highest BCUT2D eigenvalue weighted by atomic mass is 16.5. The molecular weight excluding hydrogens is 661 g/mol. The Labute approximate surface area is 317 Å². The number of rotatable bonds is 15. The van der Waals surface area contributed by atoms with Crippen LogP contribution in [0.4, 0.5) is 0 Å². The minimum absolute atomic E-state index is 0.0263. The molecule has 0 radical (unpaired) electrons. The molecule has 0 aromatic heterocycles. The number of hydrogen-bond acceptors (Lipinski definition) is 6. The van der Waals surface area contributed by atoms with Gasteiger partial charge in [0.05, 0.1) is 27.4 Å². The van der Waals surface area contributed by atoms with Crippen LogP contribution in [0.15, 0.2) is 107 Å². The minimum atomic E-state index is -0.227. The Kier molecular flexibility index (Phi) is 15.1. The van der Waals surface area contributed by atoms with Crippen LogP contribution in [0, 0.1) is 24.7 Å². The maximum Gasteiger partial charge on any atom is 0.186 e. The van der Waals surface area contributed by atoms with E-state index in [0.717, 1.165) is 41.5 Å². The Morgan fingerprint density at radius 2 is 1.55 bits per heavy atom. The molecule has 0 heterocycles. The monoisotopic (exact) mass is 716 g/mol. The lowest BCUT2D eigenvalue weighted by Gasteiger charge is -2.24. The average Bonchev–Trinajstić information content (AvgIpc) is 3.14. The van der Waals surface area contributed by atoms with Gasteiger partial charge in [0.25, 0.3) is 0 Å². The van der Waals surface area contributed by atoms with Crippen LogP contribution < -0.4 is 18.9 Å². The quantitative estimate of drug-likeness (QED) is 0.0456. The summed E-state index contributed by atoms with van der Waals surface area (Å²) in [5.41, 5.74) is 10.6. The Morgan fingerprint density at radius 1 is 0.868 bits per heavy atom. The molecule has 280 valence electrons. The highest BCUT2D eigenvalue weighted by Gasteiger charge is 2.29. The summed E-state index contributed by atoms with van der Waals surface area (Å²) < 4.78 is 23.7. The van der Waals surface area contributed by atoms with Gasteiger partial charge in [0, 0.05) is 23.5 Å². The van der Waals surface area contributed by atoms with Crippen molar-refractivity contribution in [3.05, 3.63) is 130 Å². The van der Waals surface area contributed by atoms with Gasteiger partial charge in [-0.2, -0.15) is 0 Å². The van der Waals surface area contributed by atoms with Crippen molar-refractivity contribution < 1.29 is 28.5 Å². The van der Waals surface area contributed by atoms with E-state index in [1.807, 2.05) is 78.8 Å². The molecule has 2 aliphatic rings. The molecule has 53 heavy (non-hydrogen) atoms. The first kappa shape index (κ1) is 40.7. The van der Waals surface area contributed by atoms with E-state index in [1.165, 1.54) is 11.1 Å². The summed E-state index contributed by atoms with van der Waals surface area (Å²) in [5.74, 6) is 2.33. The van der Waals surface area contributed by atoms with Gasteiger partial charge in [-0.15, -0.1) is 5.73 Å². The molecule has 2 aliphatic carbocycles. The second-order valence-corrected chi connectivity index (χ2v) is 13.7. The van der Waals surface area contributed by atoms with Crippen LogP contribution in [0.25, 0.3) is 5.57 Å². The van der Waals surface area contributed by atoms with Crippen molar-refractivity contribution in [3.63, 3.8) is 0 Å². The fourth-order valence-corrected chi connectivity index (χ4v) is 6.99. The van der Waals surface area contributed by atoms with Gasteiger partial charge in [-0.3, -0.25) is 9.59 Å². The van der Waals surface area contributed by atoms with Gasteiger partial charge in [0.1, 0.15) is 0 Å². The van der Waals surface area contributed by atoms with Crippen LogP contribution in [-0.2, 0) is 0 Å². The molecule has 6 nitrogen and oxygen atoms in total. The minimum Gasteiger partial charge on any atom is -0.493 e. The SMILES string of the molecule is C/C=C/C1=CC(=C/C(=O)c2cc(OC)c(OCCCOc3cc4c(cc3OC)C(=O)C(C)[C@@H](CC(/C=C/C)=C\C)C=C=C4C)cc2C)/C[C@H](/C=C/C)C1. The Morgan fingerprint density at radius 3 is 2.19 bits per heavy atom. The Hall–Kier alpha value is -5.06. The number of benzene rings is 2. The number of aryl methyl sites for hydroxylation is 1. The lowest BCUT2D eigenvalue weighted by atomic mass is 9.79. The molecule has 0 fully saturated rings. The van der Waals surface area contributed by atoms with Crippen molar-refractivity contribution in [2.45, 2.75) is 74.1 Å². The van der Waals surface area contributed by atoms with Crippen molar-refractivity contribution in [3.8, 4) is 23.0 Å². The number of fused-ring (bicyclic) bond motifs is 1. The molecule has 0 amide bonds. The van der Waals surface area contributed by atoms with E-state index in [4.69, 9.17) is 18.9 Å². The van der Waals surface area contributed by atoms with E-state index < -0.39 is 0 Å². The molecule has 1 unspecified atom stereocenters. The van der Waals surface area contributed by atoms with Gasteiger partial charge in [-0.1, -0.05) is 61.1 Å². The third-order valence-electron chi connectivity index (χ3n) is 9.87. The fourth-order valence-electron chi connectivity index (χ4n) is 6.99. The third kappa shape index (κ3) is 10.5. The first-order valence-corrected chi connectivity index (χ1v) is 18.7. The number of ether oxygens (including phenoxy) is 4. The number of Topliss-reactive ketones (excluding diaryl/α,β-unsaturated/α-hetero) is 1. The largest absolute Gasteiger partial charge is 0.493 e. The zero-order chi connectivity index (χ0) is 38.5. The van der Waals surface area contributed by atoms with E-state index in [1.54, 1.807) is 32.4 Å². The topological polar surface area (TPSA) is 71.1 Å². The average molecular weight is 717 g/mol. The first-order valence-electron chi connectivity index (χ1n) is 18.7. The Balaban J connectivity index is 1.45. The summed E-state index contributed by atoms with van der Waals surface area (Å²) >= 11 is 0. The molecule has 2 aromatic carbocycles. The fraction of sp³-hybridized carbons (Fsp3) is 0.383. The molecule has 0 bridgehead atoms. The first-order chi connectivity index (χ1) is 25.6. The van der Waals surface area contributed by atoms with Gasteiger partial charge >= 0.3 is 0 Å². The summed E-state index contributed by atoms with van der Waals surface area (Å²) in [6, 6.07) is 7.31. The van der Waals surface area contributed by atoms with Crippen LogP contribution in [0.2, 0.25) is 0 Å². The smallest absolute Gasteiger partial charge is 0.186 e. The van der Waals surface area contributed by atoms with Crippen LogP contribution in [-0.4, -0.2) is 39.0 Å². The number of hydrogen-bond donors (Lipinski definition) is 0. The molecular formula is C47H56O6. The second kappa shape index (κ2) is 19.7. The zero-order valence-electron chi connectivity index (χ0n) is 33.0. The van der Waals surface area contributed by atoms with Crippen LogP contribution in [0.3, 0.4) is 0 Å². The summed E-state index contributed by atoms with van der Waals surface area (Å²) in [7, 11) is 3.16. The molecule has 3 atom stereocenters. The molecule has 0 saturated carbocycles. The van der Waals surface area contributed by atoms with Gasteiger partial charge in [-0.25, -0.2) is 0 Å². The standard InChI is InChI=1S/C47H56O6/c1-10-15-34(13-4)26-38-19-18-31(5)39-28-46(44(51-9)30-41(39)47(49)33(38)7)53-21-14-20-52-45-22-32(6)40(29-43(45)50-8)42(48)27-37-24-35(16-11-2)23-36(25-37)17-12-3/h10-13,15-17,19,22,24,27-30,33,36,38H,14,20-21,23,25-26H2,1-9H3/b15-10+,16-11+,17-12+,34-13-,37-27-/t18?,33?,36-,38-/m1/s1. The van der Waals surface area contributed by atoms with Crippen molar-refractivity contribution in [1.29, 1.82) is 0 Å². The molecule has 0 saturated heterocycles. The summed E-state index contributed by atoms with van der Waals surface area (Å²) in [6.07, 6.45) is 23.7. The van der Waals surface area contributed by atoms with Gasteiger partial charge in [0.15, 0.2) is 34.6 Å². The normalized spacial score (nSPS) is 20.0. The second-order valence-electron chi connectivity index (χ2n) is 13.7. The maximum atomic E-state index is 13.8. The number of ketones is 2. The van der Waals surface area contributed by atoms with E-state index in [-0.39, 0.29) is 23.4 Å². The van der Waals surface area contributed by atoms with Gasteiger partial charge < -0.3 is 18.9 Å². The summed E-state index contributed by atoms with van der Waals surface area (Å²) in [4.78, 5) is 27.3. The van der Waals surface area contributed by atoms with Gasteiger partial charge in [0.2, 0.25) is 0 Å². The lowest BCUT2D eigenvalue weighted by Crippen LogP contribution is -2.22. The third-order valence-corrected chi connectivity index (χ3v) is 9.87.